The molecule has 6 aromatic carbocycles. The molecule has 0 fully saturated rings. The lowest BCUT2D eigenvalue weighted by molar-refractivity contribution is 0.412. The van der Waals surface area contributed by atoms with Gasteiger partial charge >= 0.3 is 0 Å². The number of benzene rings is 6. The van der Waals surface area contributed by atoms with Gasteiger partial charge in [0.2, 0.25) is 0 Å². The van der Waals surface area contributed by atoms with Crippen LogP contribution in [0.3, 0.4) is 0 Å². The average Bonchev–Trinajstić information content (AvgIpc) is 3.16. The Morgan fingerprint density at radius 3 is 1.21 bits per heavy atom. The normalized spacial score (nSPS) is 12.5. The molecule has 6 heteroatoms. The Kier molecular flexibility index (Phi) is 9.68. The Morgan fingerprint density at radius 1 is 0.396 bits per heavy atom. The Bertz CT molecular complexity index is 1910. The first-order valence-corrected chi connectivity index (χ1v) is 16.3. The second-order valence-corrected chi connectivity index (χ2v) is 12.4. The zero-order chi connectivity index (χ0) is 33.7. The van der Waals surface area contributed by atoms with Gasteiger partial charge in [0.05, 0.1) is 33.9 Å². The molecule has 0 bridgehead atoms. The van der Waals surface area contributed by atoms with Gasteiger partial charge in [0.1, 0.15) is 27.9 Å². The van der Waals surface area contributed by atoms with E-state index in [1.165, 1.54) is 0 Å². The smallest absolute Gasteiger partial charge is 0.120 e. The molecule has 1 atom stereocenters. The van der Waals surface area contributed by atoms with Crippen molar-refractivity contribution in [1.82, 2.24) is 0 Å². The Morgan fingerprint density at radius 2 is 0.771 bits per heavy atom. The fourth-order valence-electron chi connectivity index (χ4n) is 6.58. The van der Waals surface area contributed by atoms with Gasteiger partial charge in [0.25, 0.3) is 0 Å². The summed E-state index contributed by atoms with van der Waals surface area (Å²) in [5.74, 6) is 2.93. The van der Waals surface area contributed by atoms with Crippen LogP contribution >= 0.6 is 23.2 Å². The summed E-state index contributed by atoms with van der Waals surface area (Å²) in [7, 11) is 6.67. The zero-order valence-corrected chi connectivity index (χ0v) is 28.8. The Labute approximate surface area is 292 Å². The number of hydrogen-bond donors (Lipinski definition) is 0. The van der Waals surface area contributed by atoms with E-state index < -0.39 is 10.3 Å². The first-order chi connectivity index (χ1) is 23.4. The molecule has 6 aromatic rings. The Balaban J connectivity index is 1.80. The fraction of sp³-hybridized carbons (Fsp3) is 0.143. The minimum absolute atomic E-state index is 0.636. The van der Waals surface area contributed by atoms with Crippen LogP contribution in [0.25, 0.3) is 0 Å². The monoisotopic (exact) mass is 674 g/mol. The van der Waals surface area contributed by atoms with Gasteiger partial charge in [0.15, 0.2) is 0 Å². The molecule has 1 unspecified atom stereocenters. The molecule has 0 aliphatic rings. The van der Waals surface area contributed by atoms with Crippen LogP contribution < -0.4 is 18.9 Å². The lowest BCUT2D eigenvalue weighted by Crippen LogP contribution is -2.35. The molecule has 0 aliphatic carbocycles. The second-order valence-electron chi connectivity index (χ2n) is 11.4. The maximum atomic E-state index is 8.16. The molecule has 0 aromatic heterocycles. The van der Waals surface area contributed by atoms with E-state index in [0.29, 0.717) is 10.8 Å². The topological polar surface area (TPSA) is 36.9 Å². The maximum Gasteiger partial charge on any atom is 0.120 e. The van der Waals surface area contributed by atoms with Crippen molar-refractivity contribution >= 4 is 23.2 Å². The molecule has 0 saturated heterocycles. The van der Waals surface area contributed by atoms with Gasteiger partial charge < -0.3 is 18.9 Å². The van der Waals surface area contributed by atoms with E-state index >= 15 is 0 Å². The highest BCUT2D eigenvalue weighted by molar-refractivity contribution is 6.30. The largest absolute Gasteiger partial charge is 0.497 e. The van der Waals surface area contributed by atoms with E-state index in [2.05, 4.69) is 60.7 Å². The predicted octanol–water partition coefficient (Wildman–Crippen LogP) is 10.3. The number of hydrogen-bond acceptors (Lipinski definition) is 4. The van der Waals surface area contributed by atoms with Crippen LogP contribution in [0.15, 0.2) is 146 Å². The van der Waals surface area contributed by atoms with Crippen LogP contribution in [-0.2, 0) is 10.3 Å². The van der Waals surface area contributed by atoms with Crippen LogP contribution in [0.2, 0.25) is 5.02 Å². The van der Waals surface area contributed by atoms with Gasteiger partial charge in [0, 0.05) is 5.02 Å². The zero-order valence-electron chi connectivity index (χ0n) is 27.2. The van der Waals surface area contributed by atoms with E-state index in [9.17, 15) is 0 Å². The molecule has 0 radical (unpaired) electrons. The lowest BCUT2D eigenvalue weighted by Gasteiger charge is -2.41. The Hall–Kier alpha value is -4.90. The van der Waals surface area contributed by atoms with E-state index in [-0.39, 0.29) is 0 Å². The van der Waals surface area contributed by atoms with Crippen molar-refractivity contribution in [2.24, 2.45) is 0 Å². The molecule has 0 spiro atoms. The molecule has 0 heterocycles. The highest BCUT2D eigenvalue weighted by atomic mass is 35.5. The number of ether oxygens (including phenoxy) is 4. The molecule has 0 amide bonds. The second kappa shape index (κ2) is 14.1. The summed E-state index contributed by atoms with van der Waals surface area (Å²) in [5, 5.41) is 0.636. The van der Waals surface area contributed by atoms with Gasteiger partial charge in [-0.2, -0.15) is 0 Å². The minimum Gasteiger partial charge on any atom is -0.497 e. The molecule has 48 heavy (non-hydrogen) atoms. The summed E-state index contributed by atoms with van der Waals surface area (Å²) in [6, 6.07) is 48.6. The standard InChI is InChI=1S/C42H36Cl2O4/c1-45-35-20-12-30(13-21-35)41(29-10-18-34(43)19-11-29,31-14-22-36(46-2)23-15-31)40-28-38(48-4)26-27-39(40)42(44,32-8-6-5-7-9-32)33-16-24-37(47-3)25-17-33/h5-28H,1-4H3. The summed E-state index contributed by atoms with van der Waals surface area (Å²) in [6.45, 7) is 0. The van der Waals surface area contributed by atoms with Gasteiger partial charge in [-0.15, -0.1) is 11.6 Å². The molecule has 0 N–H and O–H groups in total. The highest BCUT2D eigenvalue weighted by Crippen LogP contribution is 2.54. The van der Waals surface area contributed by atoms with E-state index in [1.54, 1.807) is 28.4 Å². The lowest BCUT2D eigenvalue weighted by atomic mass is 9.62. The van der Waals surface area contributed by atoms with Crippen molar-refractivity contribution in [3.63, 3.8) is 0 Å². The van der Waals surface area contributed by atoms with Crippen molar-refractivity contribution in [1.29, 1.82) is 0 Å². The molecule has 4 nitrogen and oxygen atoms in total. The molecule has 0 saturated carbocycles. The quantitative estimate of drug-likeness (QED) is 0.101. The molecular weight excluding hydrogens is 639 g/mol. The van der Waals surface area contributed by atoms with Gasteiger partial charge in [-0.3, -0.25) is 0 Å². The number of methoxy groups -OCH3 is 4. The van der Waals surface area contributed by atoms with Crippen LogP contribution in [0, 0.1) is 0 Å². The summed E-state index contributed by atoms with van der Waals surface area (Å²) in [5.41, 5.74) is 5.65. The van der Waals surface area contributed by atoms with Crippen LogP contribution in [0.5, 0.6) is 23.0 Å². The van der Waals surface area contributed by atoms with Gasteiger partial charge in [-0.25, -0.2) is 0 Å². The van der Waals surface area contributed by atoms with Crippen molar-refractivity contribution in [2.45, 2.75) is 10.3 Å². The summed E-state index contributed by atoms with van der Waals surface area (Å²) >= 11 is 14.7. The van der Waals surface area contributed by atoms with E-state index in [4.69, 9.17) is 42.1 Å². The number of halogens is 2. The molecule has 0 aliphatic heterocycles. The first-order valence-electron chi connectivity index (χ1n) is 15.5. The van der Waals surface area contributed by atoms with Crippen molar-refractivity contribution in [2.75, 3.05) is 28.4 Å². The van der Waals surface area contributed by atoms with Crippen molar-refractivity contribution in [3.05, 3.63) is 190 Å². The van der Waals surface area contributed by atoms with Gasteiger partial charge in [-0.05, 0) is 99.6 Å². The van der Waals surface area contributed by atoms with Crippen molar-refractivity contribution in [3.8, 4) is 23.0 Å². The molecule has 6 rings (SSSR count). The van der Waals surface area contributed by atoms with Crippen LogP contribution in [-0.4, -0.2) is 28.4 Å². The maximum absolute atomic E-state index is 8.16. The first kappa shape index (κ1) is 33.0. The molecule has 242 valence electrons. The third-order valence-electron chi connectivity index (χ3n) is 8.98. The summed E-state index contributed by atoms with van der Waals surface area (Å²) in [6.07, 6.45) is 0. The fourth-order valence-corrected chi connectivity index (χ4v) is 7.12. The number of rotatable bonds is 11. The van der Waals surface area contributed by atoms with Crippen LogP contribution in [0.1, 0.15) is 38.9 Å². The minimum atomic E-state index is -1.13. The van der Waals surface area contributed by atoms with Crippen LogP contribution in [0.4, 0.5) is 0 Å². The van der Waals surface area contributed by atoms with E-state index in [1.807, 2.05) is 84.9 Å². The SMILES string of the molecule is COc1ccc(C(Cl)(c2ccccc2)c2ccc(OC)cc2C(c2ccc(Cl)cc2)(c2ccc(OC)cc2)c2ccc(OC)cc2)cc1. The van der Waals surface area contributed by atoms with E-state index in [0.717, 1.165) is 56.2 Å². The average molecular weight is 676 g/mol. The van der Waals surface area contributed by atoms with Crippen molar-refractivity contribution < 1.29 is 18.9 Å². The molecular formula is C42H36Cl2O4. The van der Waals surface area contributed by atoms with Gasteiger partial charge in [-0.1, -0.05) is 96.5 Å². The third-order valence-corrected chi connectivity index (χ3v) is 9.88. The highest BCUT2D eigenvalue weighted by Gasteiger charge is 2.46. The summed E-state index contributed by atoms with van der Waals surface area (Å²) < 4.78 is 22.7. The predicted molar refractivity (Wildman–Crippen MR) is 195 cm³/mol. The third kappa shape index (κ3) is 5.87. The summed E-state index contributed by atoms with van der Waals surface area (Å²) in [4.78, 5) is -1.13. The number of alkyl halides is 1.